The molecule has 1 aromatic heterocycles. The molecule has 0 unspecified atom stereocenters. The van der Waals surface area contributed by atoms with Crippen molar-refractivity contribution in [3.05, 3.63) is 105 Å². The van der Waals surface area contributed by atoms with Gasteiger partial charge in [0, 0.05) is 47.5 Å². The van der Waals surface area contributed by atoms with Crippen LogP contribution in [0.1, 0.15) is 28.4 Å². The Balaban J connectivity index is 1.19. The van der Waals surface area contributed by atoms with Crippen molar-refractivity contribution in [1.82, 2.24) is 9.47 Å². The monoisotopic (exact) mass is 512 g/mol. The molecule has 2 N–H and O–H groups in total. The third-order valence-electron chi connectivity index (χ3n) is 7.24. The zero-order valence-corrected chi connectivity index (χ0v) is 20.7. The summed E-state index contributed by atoms with van der Waals surface area (Å²) < 4.78 is 1.76. The Hall–Kier alpha value is -4.10. The van der Waals surface area contributed by atoms with Crippen LogP contribution in [-0.4, -0.2) is 34.5 Å². The van der Waals surface area contributed by atoms with Gasteiger partial charge in [-0.1, -0.05) is 41.9 Å². The van der Waals surface area contributed by atoms with Gasteiger partial charge in [0.1, 0.15) is 5.69 Å². The van der Waals surface area contributed by atoms with Gasteiger partial charge in [-0.25, -0.2) is 4.79 Å². The van der Waals surface area contributed by atoms with E-state index in [-0.39, 0.29) is 29.0 Å². The fourth-order valence-corrected chi connectivity index (χ4v) is 5.66. The van der Waals surface area contributed by atoms with Crippen molar-refractivity contribution in [2.45, 2.75) is 18.9 Å². The van der Waals surface area contributed by atoms with Crippen molar-refractivity contribution in [3.8, 4) is 0 Å². The molecule has 0 radical (unpaired) electrons. The summed E-state index contributed by atoms with van der Waals surface area (Å²) in [6.45, 7) is 1.68. The van der Waals surface area contributed by atoms with Gasteiger partial charge in [0.15, 0.2) is 0 Å². The summed E-state index contributed by atoms with van der Waals surface area (Å²) >= 11 is 5.89. The van der Waals surface area contributed by atoms with Crippen LogP contribution in [0.5, 0.6) is 0 Å². The molecule has 7 nitrogen and oxygen atoms in total. The van der Waals surface area contributed by atoms with Crippen LogP contribution in [0.25, 0.3) is 10.8 Å². The maximum Gasteiger partial charge on any atom is 0.323 e. The number of amides is 3. The molecule has 3 amide bonds. The molecule has 6 rings (SSSR count). The van der Waals surface area contributed by atoms with E-state index in [9.17, 15) is 14.4 Å². The molecule has 2 bridgehead atoms. The van der Waals surface area contributed by atoms with E-state index in [1.807, 2.05) is 53.4 Å². The molecule has 3 aromatic carbocycles. The number of hydrogen-bond donors (Lipinski definition) is 2. The lowest BCUT2D eigenvalue weighted by Gasteiger charge is -2.43. The molecular formula is C29H25ClN4O3. The smallest absolute Gasteiger partial charge is 0.323 e. The second kappa shape index (κ2) is 9.41. The van der Waals surface area contributed by atoms with Gasteiger partial charge < -0.3 is 20.1 Å². The first-order valence-electron chi connectivity index (χ1n) is 12.3. The van der Waals surface area contributed by atoms with Gasteiger partial charge in [0.25, 0.3) is 11.5 Å². The van der Waals surface area contributed by atoms with Gasteiger partial charge >= 0.3 is 6.03 Å². The molecule has 0 saturated carbocycles. The van der Waals surface area contributed by atoms with Crippen molar-refractivity contribution in [2.24, 2.45) is 5.92 Å². The van der Waals surface area contributed by atoms with Crippen molar-refractivity contribution in [3.63, 3.8) is 0 Å². The maximum absolute atomic E-state index is 13.4. The minimum absolute atomic E-state index is 0.0217. The van der Waals surface area contributed by atoms with Crippen LogP contribution < -0.4 is 16.2 Å². The number of likely N-dealkylation sites (tertiary alicyclic amines) is 1. The van der Waals surface area contributed by atoms with Gasteiger partial charge in [-0.05, 0) is 71.6 Å². The van der Waals surface area contributed by atoms with Crippen molar-refractivity contribution < 1.29 is 9.59 Å². The number of carbonyl (C=O) groups excluding carboxylic acids is 2. The largest absolute Gasteiger partial charge is 0.338 e. The normalized spacial score (nSPS) is 18.2. The predicted octanol–water partition coefficient (Wildman–Crippen LogP) is 5.56. The molecule has 4 aromatic rings. The molecule has 2 aliphatic heterocycles. The number of benzene rings is 3. The van der Waals surface area contributed by atoms with Crippen LogP contribution in [0.4, 0.5) is 16.2 Å². The number of piperidine rings is 1. The quantitative estimate of drug-likeness (QED) is 0.377. The van der Waals surface area contributed by atoms with Crippen LogP contribution in [0.2, 0.25) is 5.02 Å². The first kappa shape index (κ1) is 23.3. The number of aromatic nitrogens is 1. The second-order valence-corrected chi connectivity index (χ2v) is 10.2. The van der Waals surface area contributed by atoms with Gasteiger partial charge in [0.2, 0.25) is 0 Å². The molecule has 1 fully saturated rings. The Morgan fingerprint density at radius 3 is 2.43 bits per heavy atom. The zero-order chi connectivity index (χ0) is 25.5. The molecule has 0 spiro atoms. The highest BCUT2D eigenvalue weighted by atomic mass is 35.5. The fourth-order valence-electron chi connectivity index (χ4n) is 5.53. The number of hydrogen-bond acceptors (Lipinski definition) is 3. The SMILES string of the molecule is O=C(Nc1ccc(Cl)cc1)Nc1ccc2n(c1=O)C[C@@H]1C[C@@H]2CN(C(=O)c2ccc3ccccc3c2)C1. The Kier molecular flexibility index (Phi) is 5.93. The van der Waals surface area contributed by atoms with E-state index in [0.29, 0.717) is 35.9 Å². The Morgan fingerprint density at radius 2 is 1.62 bits per heavy atom. The number of nitrogens with zero attached hydrogens (tertiary/aromatic N) is 2. The topological polar surface area (TPSA) is 83.4 Å². The lowest BCUT2D eigenvalue weighted by atomic mass is 9.83. The summed E-state index contributed by atoms with van der Waals surface area (Å²) in [5, 5.41) is 8.10. The third kappa shape index (κ3) is 4.58. The first-order chi connectivity index (χ1) is 17.9. The maximum atomic E-state index is 13.4. The molecule has 8 heteroatoms. The third-order valence-corrected chi connectivity index (χ3v) is 7.49. The Morgan fingerprint density at radius 1 is 0.838 bits per heavy atom. The molecule has 0 aliphatic carbocycles. The average molecular weight is 513 g/mol. The molecule has 37 heavy (non-hydrogen) atoms. The highest BCUT2D eigenvalue weighted by Gasteiger charge is 2.37. The van der Waals surface area contributed by atoms with Gasteiger partial charge in [0.05, 0.1) is 0 Å². The fraction of sp³-hybridized carbons (Fsp3) is 0.207. The Bertz CT molecular complexity index is 1580. The number of rotatable bonds is 3. The first-order valence-corrected chi connectivity index (χ1v) is 12.7. The Labute approximate surface area is 218 Å². The number of pyridine rings is 1. The van der Waals surface area contributed by atoms with E-state index in [0.717, 1.165) is 22.9 Å². The van der Waals surface area contributed by atoms with E-state index in [4.69, 9.17) is 11.6 Å². The molecule has 3 heterocycles. The average Bonchev–Trinajstić information content (AvgIpc) is 2.91. The minimum atomic E-state index is -0.497. The molecule has 186 valence electrons. The van der Waals surface area contributed by atoms with Crippen LogP contribution in [0.15, 0.2) is 83.7 Å². The summed E-state index contributed by atoms with van der Waals surface area (Å²) in [5.41, 5.74) is 2.15. The van der Waals surface area contributed by atoms with E-state index < -0.39 is 6.03 Å². The van der Waals surface area contributed by atoms with E-state index in [2.05, 4.69) is 10.6 Å². The lowest BCUT2D eigenvalue weighted by Crippen LogP contribution is -2.49. The highest BCUT2D eigenvalue weighted by molar-refractivity contribution is 6.30. The van der Waals surface area contributed by atoms with Gasteiger partial charge in [-0.15, -0.1) is 0 Å². The van der Waals surface area contributed by atoms with E-state index in [1.54, 1.807) is 34.9 Å². The summed E-state index contributed by atoms with van der Waals surface area (Å²) in [4.78, 5) is 41.0. The van der Waals surface area contributed by atoms with Crippen LogP contribution >= 0.6 is 11.6 Å². The molecule has 2 aliphatic rings. The number of nitrogens with one attached hydrogen (secondary N) is 2. The van der Waals surface area contributed by atoms with Gasteiger partial charge in [-0.2, -0.15) is 0 Å². The summed E-state index contributed by atoms with van der Waals surface area (Å²) in [5.74, 6) is 0.265. The van der Waals surface area contributed by atoms with Crippen molar-refractivity contribution in [2.75, 3.05) is 23.7 Å². The lowest BCUT2D eigenvalue weighted by molar-refractivity contribution is 0.0595. The summed E-state index contributed by atoms with van der Waals surface area (Å²) in [6.07, 6.45) is 0.935. The number of urea groups is 1. The summed E-state index contributed by atoms with van der Waals surface area (Å²) in [7, 11) is 0. The van der Waals surface area contributed by atoms with E-state index in [1.165, 1.54) is 0 Å². The van der Waals surface area contributed by atoms with Crippen LogP contribution in [0.3, 0.4) is 0 Å². The summed E-state index contributed by atoms with van der Waals surface area (Å²) in [6, 6.07) is 23.6. The van der Waals surface area contributed by atoms with Crippen molar-refractivity contribution >= 4 is 45.7 Å². The van der Waals surface area contributed by atoms with Gasteiger partial charge in [-0.3, -0.25) is 9.59 Å². The molecule has 2 atom stereocenters. The second-order valence-electron chi connectivity index (χ2n) is 9.74. The number of anilines is 2. The highest BCUT2D eigenvalue weighted by Crippen LogP contribution is 2.36. The zero-order valence-electron chi connectivity index (χ0n) is 20.0. The minimum Gasteiger partial charge on any atom is -0.338 e. The van der Waals surface area contributed by atoms with Crippen molar-refractivity contribution in [1.29, 1.82) is 0 Å². The van der Waals surface area contributed by atoms with E-state index >= 15 is 0 Å². The molecular weight excluding hydrogens is 488 g/mol. The number of halogens is 1. The van der Waals surface area contributed by atoms with Crippen LogP contribution in [-0.2, 0) is 6.54 Å². The standard InChI is InChI=1S/C29H25ClN4O3/c30-23-7-9-24(10-8-23)31-29(37)32-25-11-12-26-22-13-18(16-34(26)28(25)36)15-33(17-22)27(35)21-6-5-19-3-1-2-4-20(19)14-21/h1-12,14,18,22H,13,15-17H2,(H2,31,32,37)/t18-,22-/m1/s1. The number of fused-ring (bicyclic) bond motifs is 5. The van der Waals surface area contributed by atoms with Crippen LogP contribution in [0, 0.1) is 5.92 Å². The number of carbonyl (C=O) groups is 2. The predicted molar refractivity (Wildman–Crippen MR) is 145 cm³/mol. The molecule has 1 saturated heterocycles.